The summed E-state index contributed by atoms with van der Waals surface area (Å²) in [6, 6.07) is 10.5. The average molecular weight is 445 g/mol. The lowest BCUT2D eigenvalue weighted by Crippen LogP contribution is -2.48. The van der Waals surface area contributed by atoms with Gasteiger partial charge in [0.25, 0.3) is 15.9 Å². The third-order valence-corrected chi connectivity index (χ3v) is 6.75. The molecule has 1 N–H and O–H groups in total. The number of ether oxygens (including phenoxy) is 2. The highest BCUT2D eigenvalue weighted by atomic mass is 32.2. The van der Waals surface area contributed by atoms with Gasteiger partial charge in [-0.25, -0.2) is 8.42 Å². The van der Waals surface area contributed by atoms with E-state index in [9.17, 15) is 18.0 Å². The van der Waals surface area contributed by atoms with Gasteiger partial charge in [0.05, 0.1) is 4.90 Å². The van der Waals surface area contributed by atoms with Crippen molar-refractivity contribution >= 4 is 27.4 Å². The number of piperidine rings is 1. The molecule has 4 rings (SSSR count). The van der Waals surface area contributed by atoms with Crippen LogP contribution in [0.2, 0.25) is 0 Å². The van der Waals surface area contributed by atoms with E-state index in [0.717, 1.165) is 32.4 Å². The smallest absolute Gasteiger partial charge is 0.267 e. The monoisotopic (exact) mass is 444 g/mol. The lowest BCUT2D eigenvalue weighted by molar-refractivity contribution is -0.142. The third-order valence-electron chi connectivity index (χ3n) is 5.37. The molecule has 0 aromatic heterocycles. The van der Waals surface area contributed by atoms with E-state index in [0.29, 0.717) is 17.0 Å². The first-order valence-corrected chi connectivity index (χ1v) is 11.7. The predicted molar refractivity (Wildman–Crippen MR) is 114 cm³/mol. The van der Waals surface area contributed by atoms with Crippen molar-refractivity contribution in [2.75, 3.05) is 24.4 Å². The molecule has 9 heteroatoms. The topological polar surface area (TPSA) is 102 Å². The number of fused-ring (bicyclic) bond motifs is 1. The van der Waals surface area contributed by atoms with E-state index in [1.165, 1.54) is 37.3 Å². The quantitative estimate of drug-likeness (QED) is 0.712. The highest BCUT2D eigenvalue weighted by molar-refractivity contribution is 7.92. The van der Waals surface area contributed by atoms with Crippen molar-refractivity contribution in [2.24, 2.45) is 0 Å². The van der Waals surface area contributed by atoms with E-state index < -0.39 is 16.1 Å². The number of anilines is 1. The Morgan fingerprint density at radius 1 is 1.00 bits per heavy atom. The van der Waals surface area contributed by atoms with Crippen molar-refractivity contribution < 1.29 is 27.5 Å². The number of nitrogens with zero attached hydrogens (tertiary/aromatic N) is 1. The zero-order chi connectivity index (χ0) is 22.0. The molecule has 31 heavy (non-hydrogen) atoms. The minimum Gasteiger partial charge on any atom is -0.485 e. The maximum Gasteiger partial charge on any atom is 0.267 e. The summed E-state index contributed by atoms with van der Waals surface area (Å²) in [4.78, 5) is 25.8. The molecule has 2 aromatic carbocycles. The summed E-state index contributed by atoms with van der Waals surface area (Å²) in [5, 5.41) is 0. The number of likely N-dealkylation sites (tertiary alicyclic amines) is 1. The van der Waals surface area contributed by atoms with Crippen LogP contribution in [0.15, 0.2) is 47.4 Å². The van der Waals surface area contributed by atoms with Crippen LogP contribution in [0.1, 0.15) is 36.5 Å². The maximum absolute atomic E-state index is 12.8. The summed E-state index contributed by atoms with van der Waals surface area (Å²) < 4.78 is 39.5. The van der Waals surface area contributed by atoms with Crippen LogP contribution in [0.3, 0.4) is 0 Å². The first-order chi connectivity index (χ1) is 14.8. The lowest BCUT2D eigenvalue weighted by atomic mass is 10.1. The van der Waals surface area contributed by atoms with Gasteiger partial charge in [-0.3, -0.25) is 14.3 Å². The fourth-order valence-electron chi connectivity index (χ4n) is 3.65. The fourth-order valence-corrected chi connectivity index (χ4v) is 4.72. The van der Waals surface area contributed by atoms with Gasteiger partial charge in [0.2, 0.25) is 6.10 Å². The zero-order valence-corrected chi connectivity index (χ0v) is 18.0. The van der Waals surface area contributed by atoms with Crippen LogP contribution in [0.25, 0.3) is 0 Å². The van der Waals surface area contributed by atoms with Crippen molar-refractivity contribution in [3.63, 3.8) is 0 Å². The molecule has 0 aliphatic carbocycles. The first kappa shape index (κ1) is 21.2. The minimum absolute atomic E-state index is 0.00583. The third kappa shape index (κ3) is 4.66. The zero-order valence-electron chi connectivity index (χ0n) is 17.2. The minimum atomic E-state index is -3.87. The van der Waals surface area contributed by atoms with Gasteiger partial charge in [-0.1, -0.05) is 0 Å². The molecule has 2 aliphatic heterocycles. The van der Waals surface area contributed by atoms with Crippen molar-refractivity contribution in [2.45, 2.75) is 37.2 Å². The Bertz CT molecular complexity index is 1090. The van der Waals surface area contributed by atoms with E-state index in [1.807, 2.05) is 0 Å². The van der Waals surface area contributed by atoms with Gasteiger partial charge in [0.15, 0.2) is 17.3 Å². The van der Waals surface area contributed by atoms with Gasteiger partial charge in [-0.05, 0) is 62.6 Å². The second-order valence-electron chi connectivity index (χ2n) is 7.65. The summed E-state index contributed by atoms with van der Waals surface area (Å²) >= 11 is 0. The normalized spacial score (nSPS) is 18.4. The van der Waals surface area contributed by atoms with E-state index >= 15 is 0 Å². The van der Waals surface area contributed by atoms with Crippen LogP contribution in [-0.2, 0) is 14.8 Å². The highest BCUT2D eigenvalue weighted by Crippen LogP contribution is 2.35. The SMILES string of the molecule is CC(=O)c1ccc(NS(=O)(=O)c2ccc3c(c2)OCC(C(=O)N2CCCCC2)O3)cc1. The molecule has 1 atom stereocenters. The molecule has 2 heterocycles. The van der Waals surface area contributed by atoms with E-state index in [-0.39, 0.29) is 28.9 Å². The number of hydrogen-bond donors (Lipinski definition) is 1. The van der Waals surface area contributed by atoms with Crippen LogP contribution >= 0.6 is 0 Å². The molecular weight excluding hydrogens is 420 g/mol. The average Bonchev–Trinajstić information content (AvgIpc) is 2.78. The Labute approximate surface area is 181 Å². The molecule has 0 saturated carbocycles. The molecule has 164 valence electrons. The number of ketones is 1. The predicted octanol–water partition coefficient (Wildman–Crippen LogP) is 2.84. The number of nitrogens with one attached hydrogen (secondary N) is 1. The molecule has 0 spiro atoms. The summed E-state index contributed by atoms with van der Waals surface area (Å²) in [6.07, 6.45) is 2.37. The molecular formula is C22H24N2O6S. The fraction of sp³-hybridized carbons (Fsp3) is 0.364. The number of carbonyl (C=O) groups is 2. The summed E-state index contributed by atoms with van der Waals surface area (Å²) in [6.45, 7) is 2.92. The van der Waals surface area contributed by atoms with Crippen molar-refractivity contribution in [1.82, 2.24) is 4.90 Å². The van der Waals surface area contributed by atoms with Gasteiger partial charge >= 0.3 is 0 Å². The number of carbonyl (C=O) groups excluding carboxylic acids is 2. The molecule has 2 aliphatic rings. The second-order valence-corrected chi connectivity index (χ2v) is 9.33. The standard InChI is InChI=1S/C22H24N2O6S/c1-15(25)16-5-7-17(8-6-16)23-31(27,28)18-9-10-19-20(13-18)29-14-21(30-19)22(26)24-11-3-2-4-12-24/h5-10,13,21,23H,2-4,11-12,14H2,1H3. The van der Waals surface area contributed by atoms with Crippen LogP contribution in [0, 0.1) is 0 Å². The molecule has 1 amide bonds. The Morgan fingerprint density at radius 3 is 2.39 bits per heavy atom. The van der Waals surface area contributed by atoms with Gasteiger partial charge in [-0.2, -0.15) is 0 Å². The van der Waals surface area contributed by atoms with Crippen LogP contribution < -0.4 is 14.2 Å². The molecule has 2 aromatic rings. The number of amides is 1. The van der Waals surface area contributed by atoms with Crippen LogP contribution in [0.4, 0.5) is 5.69 Å². The van der Waals surface area contributed by atoms with Crippen molar-refractivity contribution in [3.05, 3.63) is 48.0 Å². The summed E-state index contributed by atoms with van der Waals surface area (Å²) in [5.41, 5.74) is 0.836. The lowest BCUT2D eigenvalue weighted by Gasteiger charge is -2.32. The molecule has 8 nitrogen and oxygen atoms in total. The Morgan fingerprint density at radius 2 is 1.71 bits per heavy atom. The van der Waals surface area contributed by atoms with E-state index in [1.54, 1.807) is 17.0 Å². The number of Topliss-reactive ketones (excluding diaryl/α,β-unsaturated/α-hetero) is 1. The summed E-state index contributed by atoms with van der Waals surface area (Å²) in [7, 11) is -3.87. The van der Waals surface area contributed by atoms with Gasteiger partial charge in [-0.15, -0.1) is 0 Å². The van der Waals surface area contributed by atoms with Crippen LogP contribution in [-0.4, -0.2) is 50.8 Å². The van der Waals surface area contributed by atoms with Crippen LogP contribution in [0.5, 0.6) is 11.5 Å². The van der Waals surface area contributed by atoms with Gasteiger partial charge < -0.3 is 14.4 Å². The number of sulfonamides is 1. The molecule has 1 saturated heterocycles. The largest absolute Gasteiger partial charge is 0.485 e. The van der Waals surface area contributed by atoms with E-state index in [4.69, 9.17) is 9.47 Å². The first-order valence-electron chi connectivity index (χ1n) is 10.2. The van der Waals surface area contributed by atoms with Crippen molar-refractivity contribution in [3.8, 4) is 11.5 Å². The second kappa shape index (κ2) is 8.58. The van der Waals surface area contributed by atoms with Gasteiger partial charge in [0, 0.05) is 30.4 Å². The maximum atomic E-state index is 12.8. The Balaban J connectivity index is 1.47. The van der Waals surface area contributed by atoms with E-state index in [2.05, 4.69) is 4.72 Å². The highest BCUT2D eigenvalue weighted by Gasteiger charge is 2.32. The molecule has 1 unspecified atom stereocenters. The number of benzene rings is 2. The Kier molecular flexibility index (Phi) is 5.86. The Hall–Kier alpha value is -3.07. The molecule has 1 fully saturated rings. The number of hydrogen-bond acceptors (Lipinski definition) is 6. The van der Waals surface area contributed by atoms with Gasteiger partial charge in [0.1, 0.15) is 6.61 Å². The summed E-state index contributed by atoms with van der Waals surface area (Å²) in [5.74, 6) is 0.417. The van der Waals surface area contributed by atoms with Crippen molar-refractivity contribution in [1.29, 1.82) is 0 Å². The number of rotatable bonds is 5. The molecule has 0 bridgehead atoms. The molecule has 0 radical (unpaired) electrons.